The van der Waals surface area contributed by atoms with Crippen molar-refractivity contribution in [2.24, 2.45) is 0 Å². The number of hydrogen-bond acceptors (Lipinski definition) is 23. The van der Waals surface area contributed by atoms with E-state index in [1.54, 1.807) is 0 Å². The zero-order chi connectivity index (χ0) is 56.6. The Hall–Kier alpha value is -1.87. The van der Waals surface area contributed by atoms with Crippen molar-refractivity contribution in [3.63, 3.8) is 0 Å². The molecule has 2 N–H and O–H groups in total. The second-order valence-corrected chi connectivity index (χ2v) is 18.6. The summed E-state index contributed by atoms with van der Waals surface area (Å²) in [5, 5.41) is 6.48. The van der Waals surface area contributed by atoms with Gasteiger partial charge in [0.15, 0.2) is 5.25 Å². The van der Waals surface area contributed by atoms with Crippen LogP contribution in [-0.4, -0.2) is 280 Å². The molecule has 0 aliphatic carbocycles. The van der Waals surface area contributed by atoms with Crippen LogP contribution in [0, 0.1) is 0 Å². The Bertz CT molecular complexity index is 1320. The number of esters is 1. The van der Waals surface area contributed by atoms with Gasteiger partial charge in [0, 0.05) is 6.61 Å². The average molecular weight is 1160 g/mol. The third kappa shape index (κ3) is 63.3. The molecule has 0 saturated carbocycles. The molecule has 0 aliphatic rings. The van der Waals surface area contributed by atoms with Crippen LogP contribution in [-0.2, 0) is 110 Å². The first-order valence-corrected chi connectivity index (χ1v) is 29.5. The van der Waals surface area contributed by atoms with E-state index < -0.39 is 33.7 Å². The van der Waals surface area contributed by atoms with E-state index in [0.29, 0.717) is 211 Å². The van der Waals surface area contributed by atoms with Crippen LogP contribution < -0.4 is 0 Å². The molecule has 0 amide bonds. The number of ether oxygens (including phenoxy) is 19. The molecule has 0 fully saturated rings. The topological polar surface area (TPSA) is 284 Å². The summed E-state index contributed by atoms with van der Waals surface area (Å²) < 4.78 is 135. The fourth-order valence-electron chi connectivity index (χ4n) is 6.30. The molecule has 26 heteroatoms. The van der Waals surface area contributed by atoms with Gasteiger partial charge in [0.05, 0.1) is 238 Å². The second-order valence-electron chi connectivity index (χ2n) is 17.0. The summed E-state index contributed by atoms with van der Waals surface area (Å²) in [6.07, 6.45) is 12.2. The Kier molecular flexibility index (Phi) is 62.8. The number of carboxylic acid groups (broad SMARTS) is 1. The first-order chi connectivity index (χ1) is 38.3. The van der Waals surface area contributed by atoms with Crippen LogP contribution in [0.1, 0.15) is 77.6 Å². The molecule has 0 aromatic carbocycles. The molecule has 0 spiro atoms. The van der Waals surface area contributed by atoms with Crippen LogP contribution in [0.4, 0.5) is 0 Å². The van der Waals surface area contributed by atoms with E-state index in [2.05, 4.69) is 11.7 Å². The zero-order valence-electron chi connectivity index (χ0n) is 47.2. The fourth-order valence-corrected chi connectivity index (χ4v) is 6.96. The summed E-state index contributed by atoms with van der Waals surface area (Å²) >= 11 is 0. The molecule has 0 aromatic rings. The van der Waals surface area contributed by atoms with Crippen molar-refractivity contribution in [2.45, 2.75) is 82.8 Å². The lowest BCUT2D eigenvalue weighted by Crippen LogP contribution is -2.34. The van der Waals surface area contributed by atoms with Gasteiger partial charge in [0.1, 0.15) is 6.61 Å². The number of carbonyl (C=O) groups excluding carboxylic acids is 1. The maximum atomic E-state index is 11.7. The van der Waals surface area contributed by atoms with Crippen LogP contribution >= 0.6 is 0 Å². The van der Waals surface area contributed by atoms with Crippen LogP contribution in [0.15, 0.2) is 0 Å². The van der Waals surface area contributed by atoms with E-state index in [1.807, 2.05) is 0 Å². The quantitative estimate of drug-likeness (QED) is 0.0501. The Labute approximate surface area is 465 Å². The zero-order valence-corrected chi connectivity index (χ0v) is 48.0. The highest BCUT2D eigenvalue weighted by Crippen LogP contribution is 2.11. The Morgan fingerprint density at radius 2 is 0.474 bits per heavy atom. The molecule has 25 nitrogen and oxygen atoms in total. The van der Waals surface area contributed by atoms with Gasteiger partial charge in [-0.3, -0.25) is 14.1 Å². The average Bonchev–Trinajstić information content (AvgIpc) is 3.42. The molecule has 78 heavy (non-hydrogen) atoms. The third-order valence-electron chi connectivity index (χ3n) is 10.4. The number of aliphatic carboxylic acids is 1. The maximum absolute atomic E-state index is 11.7. The normalized spacial score (nSPS) is 12.2. The SMILES string of the molecule is CCCCCCCCCCCCOCCOCCOCCOCCOCCOCCOCCOCCOCCOCCOCCOCCOCCOCCOCCOCCOCCOCCOC(=O)C(CC(=O)O)S(=O)(=O)O. The lowest BCUT2D eigenvalue weighted by molar-refractivity contribution is -0.148. The predicted molar refractivity (Wildman–Crippen MR) is 285 cm³/mol. The third-order valence-corrected chi connectivity index (χ3v) is 11.5. The minimum atomic E-state index is -4.91. The highest BCUT2D eigenvalue weighted by molar-refractivity contribution is 7.87. The van der Waals surface area contributed by atoms with E-state index in [0.717, 1.165) is 13.0 Å². The summed E-state index contributed by atoms with van der Waals surface area (Å²) in [4.78, 5) is 22.4. The molecule has 0 bridgehead atoms. The summed E-state index contributed by atoms with van der Waals surface area (Å²) in [6, 6.07) is 0. The molecule has 0 heterocycles. The van der Waals surface area contributed by atoms with Crippen molar-refractivity contribution in [3.8, 4) is 0 Å². The molecule has 0 radical (unpaired) electrons. The van der Waals surface area contributed by atoms with Gasteiger partial charge in [-0.05, 0) is 6.42 Å². The summed E-state index contributed by atoms with van der Waals surface area (Å²) in [7, 11) is -4.91. The van der Waals surface area contributed by atoms with E-state index in [9.17, 15) is 18.0 Å². The van der Waals surface area contributed by atoms with Gasteiger partial charge in [-0.15, -0.1) is 0 Å². The van der Waals surface area contributed by atoms with E-state index in [1.165, 1.54) is 57.8 Å². The van der Waals surface area contributed by atoms with Gasteiger partial charge in [0.25, 0.3) is 10.1 Å². The van der Waals surface area contributed by atoms with E-state index in [4.69, 9.17) is 94.9 Å². The minimum Gasteiger partial charge on any atom is -0.481 e. The van der Waals surface area contributed by atoms with Crippen LogP contribution in [0.5, 0.6) is 0 Å². The van der Waals surface area contributed by atoms with Crippen molar-refractivity contribution in [1.29, 1.82) is 0 Å². The maximum Gasteiger partial charge on any atom is 0.327 e. The van der Waals surface area contributed by atoms with Crippen molar-refractivity contribution < 1.29 is 118 Å². The first-order valence-electron chi connectivity index (χ1n) is 28.0. The van der Waals surface area contributed by atoms with Crippen LogP contribution in [0.3, 0.4) is 0 Å². The molecular weight excluding hydrogens is 1060 g/mol. The highest BCUT2D eigenvalue weighted by Gasteiger charge is 2.35. The van der Waals surface area contributed by atoms with E-state index >= 15 is 0 Å². The molecule has 1 atom stereocenters. The number of hydrogen-bond donors (Lipinski definition) is 2. The molecule has 466 valence electrons. The lowest BCUT2D eigenvalue weighted by atomic mass is 10.1. The molecule has 1 unspecified atom stereocenters. The lowest BCUT2D eigenvalue weighted by Gasteiger charge is -2.11. The molecule has 0 aromatic heterocycles. The predicted octanol–water partition coefficient (Wildman–Crippen LogP) is 3.48. The summed E-state index contributed by atoms with van der Waals surface area (Å²) in [6.45, 7) is 18.2. The van der Waals surface area contributed by atoms with Crippen molar-refractivity contribution in [1.82, 2.24) is 0 Å². The highest BCUT2D eigenvalue weighted by atomic mass is 32.2. The monoisotopic (exact) mass is 1160 g/mol. The minimum absolute atomic E-state index is 0.0745. The van der Waals surface area contributed by atoms with Gasteiger partial charge in [-0.25, -0.2) is 0 Å². The Balaban J connectivity index is 3.15. The fraction of sp³-hybridized carbons (Fsp3) is 0.962. The molecule has 0 aliphatic heterocycles. The molecule has 0 rings (SSSR count). The summed E-state index contributed by atoms with van der Waals surface area (Å²) in [5.41, 5.74) is 0. The first kappa shape index (κ1) is 76.1. The molecular formula is C52H102O25S. The van der Waals surface area contributed by atoms with Gasteiger partial charge in [0.2, 0.25) is 0 Å². The van der Waals surface area contributed by atoms with Gasteiger partial charge in [-0.1, -0.05) is 64.7 Å². The van der Waals surface area contributed by atoms with Crippen LogP contribution in [0.2, 0.25) is 0 Å². The Morgan fingerprint density at radius 3 is 0.667 bits per heavy atom. The van der Waals surface area contributed by atoms with Gasteiger partial charge in [-0.2, -0.15) is 8.42 Å². The van der Waals surface area contributed by atoms with Gasteiger partial charge >= 0.3 is 11.9 Å². The smallest absolute Gasteiger partial charge is 0.327 e. The number of carboxylic acids is 1. The van der Waals surface area contributed by atoms with Crippen molar-refractivity contribution in [3.05, 3.63) is 0 Å². The number of unbranched alkanes of at least 4 members (excludes halogenated alkanes) is 9. The standard InChI is InChI=1S/C52H102O25S/c1-2-3-4-5-6-7-8-9-10-11-12-59-13-14-60-15-16-61-17-18-62-19-20-63-21-22-64-23-24-65-25-26-66-27-28-67-29-30-68-31-32-69-33-34-70-35-36-71-37-38-72-39-40-73-41-42-74-43-44-75-45-46-76-47-48-77-52(55)50(49-51(53)54)78(56,57)58/h50H,2-49H2,1H3,(H,53,54)(H,56,57,58). The number of rotatable bonds is 69. The van der Waals surface area contributed by atoms with Gasteiger partial charge < -0.3 is 95.1 Å². The summed E-state index contributed by atoms with van der Waals surface area (Å²) in [5.74, 6) is -2.94. The van der Waals surface area contributed by atoms with Crippen molar-refractivity contribution in [2.75, 3.05) is 244 Å². The number of carbonyl (C=O) groups is 2. The Morgan fingerprint density at radius 1 is 0.295 bits per heavy atom. The second kappa shape index (κ2) is 64.3. The van der Waals surface area contributed by atoms with Crippen LogP contribution in [0.25, 0.3) is 0 Å². The van der Waals surface area contributed by atoms with Crippen molar-refractivity contribution >= 4 is 22.1 Å². The largest absolute Gasteiger partial charge is 0.481 e. The molecule has 0 saturated heterocycles. The van der Waals surface area contributed by atoms with E-state index in [-0.39, 0.29) is 26.4 Å².